The van der Waals surface area contributed by atoms with Crippen LogP contribution in [0, 0.1) is 0 Å². The van der Waals surface area contributed by atoms with Gasteiger partial charge in [0.15, 0.2) is 5.82 Å². The molecule has 1 fully saturated rings. The maximum Gasteiger partial charge on any atom is 0.251 e. The summed E-state index contributed by atoms with van der Waals surface area (Å²) >= 11 is 5.89. The Balaban J connectivity index is 1.91. The maximum absolute atomic E-state index is 11.7. The van der Waals surface area contributed by atoms with E-state index >= 15 is 0 Å². The minimum absolute atomic E-state index is 0.0876. The largest absolute Gasteiger partial charge is 0.306 e. The van der Waals surface area contributed by atoms with Crippen molar-refractivity contribution in [2.75, 3.05) is 0 Å². The van der Waals surface area contributed by atoms with Crippen molar-refractivity contribution in [1.82, 2.24) is 19.3 Å². The molecule has 3 rings (SSSR count). The van der Waals surface area contributed by atoms with Crippen molar-refractivity contribution in [3.05, 3.63) is 45.4 Å². The van der Waals surface area contributed by atoms with E-state index in [4.69, 9.17) is 11.6 Å². The van der Waals surface area contributed by atoms with Crippen molar-refractivity contribution in [3.63, 3.8) is 0 Å². The van der Waals surface area contributed by atoms with E-state index in [0.29, 0.717) is 17.5 Å². The van der Waals surface area contributed by atoms with Crippen molar-refractivity contribution < 1.29 is 0 Å². The molecule has 0 radical (unpaired) electrons. The van der Waals surface area contributed by atoms with Gasteiger partial charge in [-0.15, -0.1) is 0 Å². The zero-order valence-electron chi connectivity index (χ0n) is 10.0. The average molecular weight is 265 g/mol. The third-order valence-corrected chi connectivity index (χ3v) is 3.29. The van der Waals surface area contributed by atoms with Crippen LogP contribution in [0.25, 0.3) is 0 Å². The second-order valence-electron chi connectivity index (χ2n) is 4.60. The Bertz CT molecular complexity index is 642. The molecule has 18 heavy (non-hydrogen) atoms. The molecular formula is C12H13ClN4O. The van der Waals surface area contributed by atoms with Gasteiger partial charge in [0.2, 0.25) is 0 Å². The second kappa shape index (κ2) is 4.24. The monoisotopic (exact) mass is 264 g/mol. The number of aromatic nitrogens is 4. The van der Waals surface area contributed by atoms with E-state index < -0.39 is 0 Å². The van der Waals surface area contributed by atoms with Crippen LogP contribution in [0.5, 0.6) is 0 Å². The van der Waals surface area contributed by atoms with Crippen LogP contribution in [0.15, 0.2) is 23.1 Å². The fourth-order valence-electron chi connectivity index (χ4n) is 1.87. The Morgan fingerprint density at radius 1 is 1.44 bits per heavy atom. The van der Waals surface area contributed by atoms with Crippen molar-refractivity contribution in [2.24, 2.45) is 7.05 Å². The number of pyridine rings is 1. The van der Waals surface area contributed by atoms with Gasteiger partial charge in [0.25, 0.3) is 5.56 Å². The Labute approximate surface area is 109 Å². The summed E-state index contributed by atoms with van der Waals surface area (Å²) in [6.45, 7) is 0.398. The molecule has 0 bridgehead atoms. The molecule has 2 aromatic rings. The van der Waals surface area contributed by atoms with Crippen LogP contribution < -0.4 is 5.56 Å². The zero-order valence-corrected chi connectivity index (χ0v) is 10.8. The summed E-state index contributed by atoms with van der Waals surface area (Å²) in [5.74, 6) is 2.19. The summed E-state index contributed by atoms with van der Waals surface area (Å²) in [6, 6.07) is 3.05. The van der Waals surface area contributed by atoms with Crippen LogP contribution in [0.1, 0.15) is 30.4 Å². The average Bonchev–Trinajstić information content (AvgIpc) is 3.11. The maximum atomic E-state index is 11.7. The molecule has 2 heterocycles. The highest BCUT2D eigenvalue weighted by atomic mass is 35.5. The minimum atomic E-state index is -0.0876. The SMILES string of the molecule is Cn1nc(C2CC2)nc1Cn1cc(Cl)ccc1=O. The van der Waals surface area contributed by atoms with Gasteiger partial charge in [0.1, 0.15) is 5.82 Å². The standard InChI is InChI=1S/C12H13ClN4O/c1-16-10(14-12(15-16)8-2-3-8)7-17-6-9(13)4-5-11(17)18/h4-6,8H,2-3,7H2,1H3. The summed E-state index contributed by atoms with van der Waals surface area (Å²) in [6.07, 6.45) is 3.95. The van der Waals surface area contributed by atoms with Crippen LogP contribution in [-0.4, -0.2) is 19.3 Å². The molecule has 6 heteroatoms. The van der Waals surface area contributed by atoms with Gasteiger partial charge in [-0.3, -0.25) is 9.48 Å². The molecule has 0 aromatic carbocycles. The summed E-state index contributed by atoms with van der Waals surface area (Å²) in [5, 5.41) is 4.92. The van der Waals surface area contributed by atoms with Gasteiger partial charge < -0.3 is 4.57 Å². The fourth-order valence-corrected chi connectivity index (χ4v) is 2.05. The molecule has 0 amide bonds. The molecule has 0 N–H and O–H groups in total. The van der Waals surface area contributed by atoms with E-state index in [-0.39, 0.29) is 5.56 Å². The van der Waals surface area contributed by atoms with Crippen LogP contribution in [-0.2, 0) is 13.6 Å². The van der Waals surface area contributed by atoms with Crippen LogP contribution >= 0.6 is 11.6 Å². The lowest BCUT2D eigenvalue weighted by atomic mass is 10.4. The Morgan fingerprint density at radius 3 is 2.94 bits per heavy atom. The van der Waals surface area contributed by atoms with Gasteiger partial charge in [-0.25, -0.2) is 4.98 Å². The fraction of sp³-hybridized carbons (Fsp3) is 0.417. The molecule has 1 aliphatic carbocycles. The third kappa shape index (κ3) is 2.18. The zero-order chi connectivity index (χ0) is 12.7. The van der Waals surface area contributed by atoms with Crippen molar-refractivity contribution in [3.8, 4) is 0 Å². The first-order valence-electron chi connectivity index (χ1n) is 5.89. The molecule has 0 atom stereocenters. The van der Waals surface area contributed by atoms with Gasteiger partial charge >= 0.3 is 0 Å². The van der Waals surface area contributed by atoms with Crippen LogP contribution in [0.4, 0.5) is 0 Å². The number of rotatable bonds is 3. The van der Waals surface area contributed by atoms with Gasteiger partial charge in [-0.2, -0.15) is 5.10 Å². The Kier molecular flexibility index (Phi) is 2.70. The van der Waals surface area contributed by atoms with Gasteiger partial charge in [-0.05, 0) is 18.9 Å². The van der Waals surface area contributed by atoms with E-state index in [9.17, 15) is 4.79 Å². The van der Waals surface area contributed by atoms with Gasteiger partial charge in [0.05, 0.1) is 11.6 Å². The summed E-state index contributed by atoms with van der Waals surface area (Å²) < 4.78 is 3.28. The van der Waals surface area contributed by atoms with E-state index in [0.717, 1.165) is 11.6 Å². The normalized spacial score (nSPS) is 15.0. The van der Waals surface area contributed by atoms with Crippen molar-refractivity contribution >= 4 is 11.6 Å². The van der Waals surface area contributed by atoms with Gasteiger partial charge in [0, 0.05) is 25.2 Å². The topological polar surface area (TPSA) is 52.7 Å². The molecule has 0 saturated heterocycles. The first-order valence-corrected chi connectivity index (χ1v) is 6.27. The molecule has 1 saturated carbocycles. The third-order valence-electron chi connectivity index (χ3n) is 3.07. The number of halogens is 1. The lowest BCUT2D eigenvalue weighted by Gasteiger charge is -2.04. The Morgan fingerprint density at radius 2 is 2.22 bits per heavy atom. The predicted molar refractivity (Wildman–Crippen MR) is 67.8 cm³/mol. The van der Waals surface area contributed by atoms with Gasteiger partial charge in [-0.1, -0.05) is 11.6 Å². The first kappa shape index (κ1) is 11.5. The molecule has 0 unspecified atom stereocenters. The smallest absolute Gasteiger partial charge is 0.251 e. The van der Waals surface area contributed by atoms with Crippen LogP contribution in [0.2, 0.25) is 5.02 Å². The summed E-state index contributed by atoms with van der Waals surface area (Å²) in [5.41, 5.74) is -0.0876. The first-order chi connectivity index (χ1) is 8.63. The summed E-state index contributed by atoms with van der Waals surface area (Å²) in [7, 11) is 1.85. The second-order valence-corrected chi connectivity index (χ2v) is 5.03. The number of hydrogen-bond donors (Lipinski definition) is 0. The number of nitrogens with zero attached hydrogens (tertiary/aromatic N) is 4. The van der Waals surface area contributed by atoms with Crippen molar-refractivity contribution in [2.45, 2.75) is 25.3 Å². The summed E-state index contributed by atoms with van der Waals surface area (Å²) in [4.78, 5) is 16.2. The molecule has 0 spiro atoms. The van der Waals surface area contributed by atoms with E-state index in [1.165, 1.54) is 18.9 Å². The van der Waals surface area contributed by atoms with Crippen LogP contribution in [0.3, 0.4) is 0 Å². The Hall–Kier alpha value is -1.62. The molecular weight excluding hydrogens is 252 g/mol. The molecule has 2 aromatic heterocycles. The lowest BCUT2D eigenvalue weighted by Crippen LogP contribution is -2.20. The van der Waals surface area contributed by atoms with E-state index in [2.05, 4.69) is 10.1 Å². The van der Waals surface area contributed by atoms with E-state index in [1.54, 1.807) is 21.5 Å². The quantitative estimate of drug-likeness (QED) is 0.845. The molecule has 5 nitrogen and oxygen atoms in total. The minimum Gasteiger partial charge on any atom is -0.306 e. The highest BCUT2D eigenvalue weighted by Crippen LogP contribution is 2.37. The van der Waals surface area contributed by atoms with E-state index in [1.807, 2.05) is 7.05 Å². The molecule has 0 aliphatic heterocycles. The highest BCUT2D eigenvalue weighted by Gasteiger charge is 2.28. The number of hydrogen-bond acceptors (Lipinski definition) is 3. The van der Waals surface area contributed by atoms with Crippen molar-refractivity contribution in [1.29, 1.82) is 0 Å². The molecule has 1 aliphatic rings. The highest BCUT2D eigenvalue weighted by molar-refractivity contribution is 6.30. The molecule has 94 valence electrons. The lowest BCUT2D eigenvalue weighted by molar-refractivity contribution is 0.639. The number of aryl methyl sites for hydroxylation is 1. The predicted octanol–water partition coefficient (Wildman–Crippen LogP) is 1.56.